The van der Waals surface area contributed by atoms with E-state index >= 15 is 0 Å². The molecular weight excluding hydrogens is 439 g/mol. The fourth-order valence-electron chi connectivity index (χ4n) is 3.00. The molecular formula is C21H27FN4O7. The fraction of sp³-hybridized carbons (Fsp3) is 0.429. The summed E-state index contributed by atoms with van der Waals surface area (Å²) in [5.74, 6) is -2.75. The number of hydrogen-bond donors (Lipinski definition) is 2. The first-order chi connectivity index (χ1) is 15.7. The maximum absolute atomic E-state index is 13.8. The summed E-state index contributed by atoms with van der Waals surface area (Å²) in [5, 5.41) is 0. The summed E-state index contributed by atoms with van der Waals surface area (Å²) in [7, 11) is 2.68. The molecule has 0 aliphatic carbocycles. The molecule has 2 rings (SSSR count). The summed E-state index contributed by atoms with van der Waals surface area (Å²) < 4.78 is 29.8. The molecule has 11 nitrogen and oxygen atoms in total. The van der Waals surface area contributed by atoms with Gasteiger partial charge in [-0.25, -0.2) is 14.0 Å². The van der Waals surface area contributed by atoms with Crippen LogP contribution in [0.2, 0.25) is 0 Å². The number of nitrogens with one attached hydrogen (secondary N) is 1. The maximum atomic E-state index is 13.8. The first kappa shape index (κ1) is 25.6. The lowest BCUT2D eigenvalue weighted by molar-refractivity contribution is -0.121. The van der Waals surface area contributed by atoms with E-state index in [1.54, 1.807) is 0 Å². The van der Waals surface area contributed by atoms with Crippen LogP contribution in [0.25, 0.3) is 0 Å². The Balaban J connectivity index is 2.29. The van der Waals surface area contributed by atoms with Crippen LogP contribution >= 0.6 is 0 Å². The largest absolute Gasteiger partial charge is 0.494 e. The zero-order chi connectivity index (χ0) is 24.5. The minimum atomic E-state index is -0.952. The number of aromatic nitrogens is 2. The highest BCUT2D eigenvalue weighted by Gasteiger charge is 2.25. The quantitative estimate of drug-likeness (QED) is 0.465. The third kappa shape index (κ3) is 6.19. The molecule has 0 radical (unpaired) electrons. The molecule has 0 unspecified atom stereocenters. The Morgan fingerprint density at radius 1 is 1.24 bits per heavy atom. The van der Waals surface area contributed by atoms with Crippen molar-refractivity contribution in [3.8, 4) is 5.75 Å². The molecule has 1 heterocycles. The zero-order valence-corrected chi connectivity index (χ0v) is 18.7. The van der Waals surface area contributed by atoms with Crippen LogP contribution in [0.3, 0.4) is 0 Å². The van der Waals surface area contributed by atoms with Crippen molar-refractivity contribution in [2.75, 3.05) is 44.6 Å². The number of nitrogens with zero attached hydrogens (tertiary/aromatic N) is 2. The molecule has 0 aliphatic rings. The van der Waals surface area contributed by atoms with Crippen molar-refractivity contribution in [3.05, 3.63) is 50.4 Å². The van der Waals surface area contributed by atoms with Crippen LogP contribution in [0.5, 0.6) is 5.75 Å². The van der Waals surface area contributed by atoms with Crippen molar-refractivity contribution in [2.24, 2.45) is 0 Å². The Labute approximate surface area is 188 Å². The van der Waals surface area contributed by atoms with Crippen molar-refractivity contribution >= 4 is 23.4 Å². The van der Waals surface area contributed by atoms with Gasteiger partial charge in [0.05, 0.1) is 19.3 Å². The van der Waals surface area contributed by atoms with Crippen molar-refractivity contribution < 1.29 is 28.2 Å². The number of nitrogens with two attached hydrogens (primary N) is 1. The molecule has 12 heteroatoms. The molecule has 1 aromatic carbocycles. The van der Waals surface area contributed by atoms with Crippen molar-refractivity contribution in [1.29, 1.82) is 0 Å². The Hall–Kier alpha value is -3.67. The highest BCUT2D eigenvalue weighted by molar-refractivity contribution is 5.98. The van der Waals surface area contributed by atoms with Crippen LogP contribution in [0.4, 0.5) is 15.9 Å². The minimum Gasteiger partial charge on any atom is -0.494 e. The number of amides is 1. The van der Waals surface area contributed by atoms with E-state index in [-0.39, 0.29) is 42.5 Å². The number of carbonyl (C=O) groups excluding carboxylic acids is 2. The molecule has 33 heavy (non-hydrogen) atoms. The van der Waals surface area contributed by atoms with Crippen molar-refractivity contribution in [2.45, 2.75) is 26.3 Å². The number of carbonyl (C=O) groups is 2. The SMILES string of the molecule is CCCCn1c(N)c(N(CCOC)C(=O)COC(=O)c2ccc(OC)c(F)c2)c(=O)[nH]c1=O. The van der Waals surface area contributed by atoms with E-state index in [9.17, 15) is 23.6 Å². The van der Waals surface area contributed by atoms with Crippen LogP contribution in [-0.4, -0.2) is 55.4 Å². The Morgan fingerprint density at radius 3 is 2.58 bits per heavy atom. The van der Waals surface area contributed by atoms with E-state index in [4.69, 9.17) is 19.9 Å². The fourth-order valence-corrected chi connectivity index (χ4v) is 3.00. The number of H-pyrrole nitrogens is 1. The number of methoxy groups -OCH3 is 2. The smallest absolute Gasteiger partial charge is 0.338 e. The molecule has 0 aliphatic heterocycles. The lowest BCUT2D eigenvalue weighted by atomic mass is 10.2. The number of aromatic amines is 1. The number of hydrogen-bond acceptors (Lipinski definition) is 8. The van der Waals surface area contributed by atoms with Gasteiger partial charge in [-0.1, -0.05) is 13.3 Å². The molecule has 3 N–H and O–H groups in total. The maximum Gasteiger partial charge on any atom is 0.338 e. The van der Waals surface area contributed by atoms with E-state index in [0.29, 0.717) is 6.42 Å². The van der Waals surface area contributed by atoms with Gasteiger partial charge in [-0.3, -0.25) is 24.0 Å². The minimum absolute atomic E-state index is 0.0380. The molecule has 0 bridgehead atoms. The first-order valence-corrected chi connectivity index (χ1v) is 10.2. The second-order valence-corrected chi connectivity index (χ2v) is 6.96. The van der Waals surface area contributed by atoms with E-state index < -0.39 is 35.5 Å². The monoisotopic (exact) mass is 466 g/mol. The van der Waals surface area contributed by atoms with Gasteiger partial charge < -0.3 is 19.9 Å². The van der Waals surface area contributed by atoms with Gasteiger partial charge in [-0.2, -0.15) is 0 Å². The third-order valence-corrected chi connectivity index (χ3v) is 4.75. The van der Waals surface area contributed by atoms with Crippen LogP contribution in [0.15, 0.2) is 27.8 Å². The number of halogens is 1. The molecule has 0 saturated carbocycles. The van der Waals surface area contributed by atoms with Gasteiger partial charge in [-0.05, 0) is 24.6 Å². The highest BCUT2D eigenvalue weighted by atomic mass is 19.1. The summed E-state index contributed by atoms with van der Waals surface area (Å²) in [4.78, 5) is 52.9. The number of unbranched alkanes of at least 4 members (excludes halogenated alkanes) is 1. The second-order valence-electron chi connectivity index (χ2n) is 6.96. The number of nitrogen functional groups attached to an aromatic ring is 1. The summed E-state index contributed by atoms with van der Waals surface area (Å²) >= 11 is 0. The normalized spacial score (nSPS) is 10.7. The molecule has 180 valence electrons. The second kappa shape index (κ2) is 11.8. The van der Waals surface area contributed by atoms with Crippen molar-refractivity contribution in [3.63, 3.8) is 0 Å². The topological polar surface area (TPSA) is 146 Å². The lowest BCUT2D eigenvalue weighted by Crippen LogP contribution is -2.44. The van der Waals surface area contributed by atoms with Crippen LogP contribution in [0, 0.1) is 5.82 Å². The van der Waals surface area contributed by atoms with Gasteiger partial charge in [0.2, 0.25) is 0 Å². The molecule has 0 fully saturated rings. The van der Waals surface area contributed by atoms with Crippen LogP contribution in [0.1, 0.15) is 30.1 Å². The number of rotatable bonds is 11. The third-order valence-electron chi connectivity index (χ3n) is 4.75. The highest BCUT2D eigenvalue weighted by Crippen LogP contribution is 2.19. The van der Waals surface area contributed by atoms with Gasteiger partial charge >= 0.3 is 11.7 Å². The van der Waals surface area contributed by atoms with Gasteiger partial charge in [0, 0.05) is 20.2 Å². The standard InChI is InChI=1S/C21H27FN4O7/c1-4-5-8-26-18(23)17(19(28)24-21(26)30)25(9-10-31-2)16(27)12-33-20(29)13-6-7-15(32-3)14(22)11-13/h6-7,11H,4-5,8-10,12,23H2,1-3H3,(H,24,28,30). The Kier molecular flexibility index (Phi) is 9.16. The predicted octanol–water partition coefficient (Wildman–Crippen LogP) is 0.903. The van der Waals surface area contributed by atoms with Gasteiger partial charge in [-0.15, -0.1) is 0 Å². The summed E-state index contributed by atoms with van der Waals surface area (Å²) in [6, 6.07) is 3.45. The predicted molar refractivity (Wildman–Crippen MR) is 118 cm³/mol. The van der Waals surface area contributed by atoms with E-state index in [2.05, 4.69) is 4.98 Å². The Morgan fingerprint density at radius 2 is 1.97 bits per heavy atom. The van der Waals surface area contributed by atoms with Gasteiger partial charge in [0.15, 0.2) is 23.9 Å². The van der Waals surface area contributed by atoms with Crippen LogP contribution < -0.4 is 26.6 Å². The molecule has 1 aromatic heterocycles. The van der Waals surface area contributed by atoms with E-state index in [0.717, 1.165) is 17.4 Å². The summed E-state index contributed by atoms with van der Waals surface area (Å²) in [5.41, 5.74) is 4.14. The molecule has 1 amide bonds. The van der Waals surface area contributed by atoms with E-state index in [1.165, 1.54) is 30.9 Å². The molecule has 0 atom stereocenters. The zero-order valence-electron chi connectivity index (χ0n) is 18.7. The molecule has 2 aromatic rings. The lowest BCUT2D eigenvalue weighted by Gasteiger charge is -2.24. The summed E-state index contributed by atoms with van der Waals surface area (Å²) in [6.45, 7) is 1.35. The number of anilines is 2. The average molecular weight is 466 g/mol. The number of ether oxygens (including phenoxy) is 3. The average Bonchev–Trinajstić information content (AvgIpc) is 2.78. The first-order valence-electron chi connectivity index (χ1n) is 10.2. The summed E-state index contributed by atoms with van der Waals surface area (Å²) in [6.07, 6.45) is 1.40. The van der Waals surface area contributed by atoms with Crippen molar-refractivity contribution in [1.82, 2.24) is 9.55 Å². The van der Waals surface area contributed by atoms with Gasteiger partial charge in [0.25, 0.3) is 11.5 Å². The Bertz CT molecular complexity index is 1110. The van der Waals surface area contributed by atoms with Crippen LogP contribution in [-0.2, 0) is 20.8 Å². The number of benzene rings is 1. The van der Waals surface area contributed by atoms with Gasteiger partial charge in [0.1, 0.15) is 5.82 Å². The van der Waals surface area contributed by atoms with E-state index in [1.807, 2.05) is 6.92 Å². The number of esters is 1. The molecule has 0 spiro atoms. The molecule has 0 saturated heterocycles.